The molecule has 132 valence electrons. The van der Waals surface area contributed by atoms with E-state index in [0.717, 1.165) is 38.8 Å². The van der Waals surface area contributed by atoms with Crippen molar-refractivity contribution in [1.29, 1.82) is 0 Å². The molecule has 1 saturated heterocycles. The van der Waals surface area contributed by atoms with Crippen LogP contribution in [0.3, 0.4) is 0 Å². The van der Waals surface area contributed by atoms with Crippen LogP contribution in [-0.4, -0.2) is 73.9 Å². The van der Waals surface area contributed by atoms with Gasteiger partial charge in [0.25, 0.3) is 0 Å². The Morgan fingerprint density at radius 1 is 1.22 bits per heavy atom. The summed E-state index contributed by atoms with van der Waals surface area (Å²) < 4.78 is 11.1. The van der Waals surface area contributed by atoms with Crippen LogP contribution in [0, 0.1) is 0 Å². The molecule has 0 aromatic heterocycles. The molecule has 3 aliphatic rings. The van der Waals surface area contributed by atoms with E-state index in [4.69, 9.17) is 9.47 Å². The van der Waals surface area contributed by atoms with Crippen LogP contribution >= 0.6 is 0 Å². The van der Waals surface area contributed by atoms with Gasteiger partial charge in [-0.2, -0.15) is 0 Å². The Morgan fingerprint density at radius 2 is 2.00 bits per heavy atom. The molecule has 1 amide bonds. The summed E-state index contributed by atoms with van der Waals surface area (Å²) in [4.78, 5) is 17.4. The van der Waals surface area contributed by atoms with E-state index in [-0.39, 0.29) is 11.5 Å². The average molecular weight is 324 g/mol. The van der Waals surface area contributed by atoms with Gasteiger partial charge < -0.3 is 14.4 Å². The zero-order valence-electron chi connectivity index (χ0n) is 14.9. The lowest BCUT2D eigenvalue weighted by atomic mass is 9.77. The van der Waals surface area contributed by atoms with Crippen molar-refractivity contribution in [2.24, 2.45) is 0 Å². The minimum Gasteiger partial charge on any atom is -0.380 e. The summed E-state index contributed by atoms with van der Waals surface area (Å²) in [6.45, 7) is 2.12. The summed E-state index contributed by atoms with van der Waals surface area (Å²) in [7, 11) is 5.55. The van der Waals surface area contributed by atoms with Crippen molar-refractivity contribution in [2.45, 2.75) is 75.2 Å². The molecule has 23 heavy (non-hydrogen) atoms. The molecule has 5 nitrogen and oxygen atoms in total. The number of hydrogen-bond donors (Lipinski definition) is 0. The molecule has 2 aliphatic carbocycles. The fourth-order valence-electron chi connectivity index (χ4n) is 4.66. The van der Waals surface area contributed by atoms with Crippen LogP contribution in [0.4, 0.5) is 0 Å². The Kier molecular flexibility index (Phi) is 5.29. The third-order valence-electron chi connectivity index (χ3n) is 6.48. The molecule has 1 aliphatic heterocycles. The van der Waals surface area contributed by atoms with Crippen LogP contribution < -0.4 is 0 Å². The summed E-state index contributed by atoms with van der Waals surface area (Å²) in [6.07, 6.45) is 8.81. The number of amides is 1. The van der Waals surface area contributed by atoms with Crippen molar-refractivity contribution in [3.05, 3.63) is 0 Å². The highest BCUT2D eigenvalue weighted by molar-refractivity contribution is 5.77. The molecule has 3 fully saturated rings. The van der Waals surface area contributed by atoms with Crippen molar-refractivity contribution in [3.63, 3.8) is 0 Å². The Bertz CT molecular complexity index is 419. The van der Waals surface area contributed by atoms with Crippen LogP contribution in [0.2, 0.25) is 0 Å². The maximum Gasteiger partial charge on any atom is 0.225 e. The Labute approximate surface area is 140 Å². The first-order valence-corrected chi connectivity index (χ1v) is 9.16. The summed E-state index contributed by atoms with van der Waals surface area (Å²) in [6, 6.07) is 0.857. The molecule has 0 aromatic carbocycles. The van der Waals surface area contributed by atoms with Crippen molar-refractivity contribution in [3.8, 4) is 0 Å². The van der Waals surface area contributed by atoms with Crippen LogP contribution in [0.1, 0.15) is 51.4 Å². The number of carbonyl (C=O) groups is 1. The highest BCUT2D eigenvalue weighted by Crippen LogP contribution is 2.39. The van der Waals surface area contributed by atoms with E-state index in [0.29, 0.717) is 24.6 Å². The smallest absolute Gasteiger partial charge is 0.225 e. The number of nitrogens with zero attached hydrogens (tertiary/aromatic N) is 2. The maximum absolute atomic E-state index is 12.8. The van der Waals surface area contributed by atoms with Gasteiger partial charge >= 0.3 is 0 Å². The molecule has 1 unspecified atom stereocenters. The number of carbonyl (C=O) groups excluding carboxylic acids is 1. The van der Waals surface area contributed by atoms with Crippen LogP contribution in [0.5, 0.6) is 0 Å². The van der Waals surface area contributed by atoms with Crippen LogP contribution in [0.15, 0.2) is 0 Å². The zero-order chi connectivity index (χ0) is 16.4. The van der Waals surface area contributed by atoms with Crippen molar-refractivity contribution in [1.82, 2.24) is 9.80 Å². The molecule has 0 N–H and O–H groups in total. The van der Waals surface area contributed by atoms with Gasteiger partial charge in [-0.3, -0.25) is 9.69 Å². The lowest BCUT2D eigenvalue weighted by Gasteiger charge is -2.42. The molecule has 0 spiro atoms. The van der Waals surface area contributed by atoms with Crippen molar-refractivity contribution < 1.29 is 14.3 Å². The van der Waals surface area contributed by atoms with E-state index >= 15 is 0 Å². The van der Waals surface area contributed by atoms with E-state index in [1.807, 2.05) is 11.9 Å². The maximum atomic E-state index is 12.8. The van der Waals surface area contributed by atoms with Crippen molar-refractivity contribution >= 4 is 5.91 Å². The number of likely N-dealkylation sites (tertiary alicyclic amines) is 1. The Morgan fingerprint density at radius 3 is 2.57 bits per heavy atom. The number of hydrogen-bond acceptors (Lipinski definition) is 4. The third kappa shape index (κ3) is 3.42. The van der Waals surface area contributed by atoms with Gasteiger partial charge in [0.15, 0.2) is 0 Å². The van der Waals surface area contributed by atoms with Crippen molar-refractivity contribution in [2.75, 3.05) is 34.4 Å². The van der Waals surface area contributed by atoms with E-state index in [9.17, 15) is 4.79 Å². The molecular formula is C18H32N2O3. The third-order valence-corrected chi connectivity index (χ3v) is 6.48. The fourth-order valence-corrected chi connectivity index (χ4v) is 4.66. The lowest BCUT2D eigenvalue weighted by molar-refractivity contribution is -0.145. The van der Waals surface area contributed by atoms with Gasteiger partial charge in [0.2, 0.25) is 5.91 Å². The second-order valence-electron chi connectivity index (χ2n) is 7.63. The number of methoxy groups -OCH3 is 2. The molecular weight excluding hydrogens is 292 g/mol. The summed E-state index contributed by atoms with van der Waals surface area (Å²) in [5, 5.41) is 0. The predicted molar refractivity (Wildman–Crippen MR) is 89.4 cm³/mol. The number of likely N-dealkylation sites (N-methyl/N-ethyl adjacent to an activating group) is 1. The molecule has 3 atom stereocenters. The van der Waals surface area contributed by atoms with Gasteiger partial charge in [0, 0.05) is 46.4 Å². The van der Waals surface area contributed by atoms with Gasteiger partial charge in [-0.15, -0.1) is 0 Å². The first-order valence-electron chi connectivity index (χ1n) is 9.16. The molecule has 2 saturated carbocycles. The second kappa shape index (κ2) is 7.08. The Balaban J connectivity index is 1.59. The Hall–Kier alpha value is -0.650. The first-order chi connectivity index (χ1) is 11.1. The second-order valence-corrected chi connectivity index (χ2v) is 7.63. The summed E-state index contributed by atoms with van der Waals surface area (Å²) in [5.74, 6) is 0.255. The standard InChI is InChI=1S/C18H32N2O3/c1-19(17(21)12-18(23-3)9-5-10-18)15-6-4-7-16(15)20-11-8-14(13-20)22-2/h14-16H,4-13H2,1-3H3/t14?,15-,16+/m1/s1. The van der Waals surface area contributed by atoms with Gasteiger partial charge in [-0.1, -0.05) is 0 Å². The molecule has 0 bridgehead atoms. The largest absolute Gasteiger partial charge is 0.380 e. The number of ether oxygens (including phenoxy) is 2. The highest BCUT2D eigenvalue weighted by Gasteiger charge is 2.43. The van der Waals surface area contributed by atoms with Crippen LogP contribution in [-0.2, 0) is 14.3 Å². The van der Waals surface area contributed by atoms with E-state index in [1.54, 1.807) is 14.2 Å². The fraction of sp³-hybridized carbons (Fsp3) is 0.944. The number of rotatable bonds is 6. The summed E-state index contributed by atoms with van der Waals surface area (Å²) in [5.41, 5.74) is -0.172. The first kappa shape index (κ1) is 17.2. The quantitative estimate of drug-likeness (QED) is 0.750. The molecule has 5 heteroatoms. The van der Waals surface area contributed by atoms with Crippen LogP contribution in [0.25, 0.3) is 0 Å². The molecule has 0 radical (unpaired) electrons. The van der Waals surface area contributed by atoms with E-state index in [1.165, 1.54) is 19.3 Å². The van der Waals surface area contributed by atoms with Gasteiger partial charge in [0.1, 0.15) is 0 Å². The monoisotopic (exact) mass is 324 g/mol. The SMILES string of the molecule is COC1CCN([C@H]2CCC[C@H]2N(C)C(=O)CC2(OC)CCC2)C1. The minimum absolute atomic E-state index is 0.172. The van der Waals surface area contributed by atoms with Gasteiger partial charge in [-0.25, -0.2) is 0 Å². The summed E-state index contributed by atoms with van der Waals surface area (Å²) >= 11 is 0. The van der Waals surface area contributed by atoms with E-state index < -0.39 is 0 Å². The molecule has 1 heterocycles. The molecule has 0 aromatic rings. The van der Waals surface area contributed by atoms with Gasteiger partial charge in [0.05, 0.1) is 18.1 Å². The average Bonchev–Trinajstić information content (AvgIpc) is 3.17. The lowest BCUT2D eigenvalue weighted by Crippen LogP contribution is -2.51. The minimum atomic E-state index is -0.172. The normalized spacial score (nSPS) is 33.6. The topological polar surface area (TPSA) is 42.0 Å². The molecule has 3 rings (SSSR count). The van der Waals surface area contributed by atoms with Gasteiger partial charge in [-0.05, 0) is 44.9 Å². The predicted octanol–water partition coefficient (Wildman–Crippen LogP) is 2.05. The van der Waals surface area contributed by atoms with E-state index in [2.05, 4.69) is 4.90 Å². The zero-order valence-corrected chi connectivity index (χ0v) is 14.9. The highest BCUT2D eigenvalue weighted by atomic mass is 16.5.